The molecule has 2 heterocycles. The summed E-state index contributed by atoms with van der Waals surface area (Å²) in [5.41, 5.74) is 5.34. The number of unbranched alkanes of at least 4 members (excludes halogenated alkanes) is 2. The lowest BCUT2D eigenvalue weighted by atomic mass is 10.1. The highest BCUT2D eigenvalue weighted by atomic mass is 32.1. The molecular weight excluding hydrogens is 444 g/mol. The van der Waals surface area contributed by atoms with Gasteiger partial charge < -0.3 is 14.1 Å². The molecule has 3 N–H and O–H groups in total. The standard InChI is InChI=1S/C23H28N4O5S/c1-2-3-6-11-32-19-10-5-4-9-18(19)22(30)24-23(33)26-25-21(29)16-13-20(28)27(14-16)15-17-8-7-12-31-17/h4-5,7-10,12,16H,2-3,6,11,13-15H2,1H3,(H,25,29)(H2,24,26,30,33). The average Bonchev–Trinajstić information content (AvgIpc) is 3.45. The van der Waals surface area contributed by atoms with E-state index in [1.165, 1.54) is 6.26 Å². The van der Waals surface area contributed by atoms with Crippen LogP contribution in [0, 0.1) is 5.92 Å². The highest BCUT2D eigenvalue weighted by Gasteiger charge is 2.34. The summed E-state index contributed by atoms with van der Waals surface area (Å²) >= 11 is 5.12. The van der Waals surface area contributed by atoms with Gasteiger partial charge in [0.25, 0.3) is 5.91 Å². The fraction of sp³-hybridized carbons (Fsp3) is 0.391. The molecular formula is C23H28N4O5S. The number of benzene rings is 1. The minimum Gasteiger partial charge on any atom is -0.493 e. The Morgan fingerprint density at radius 2 is 2.00 bits per heavy atom. The van der Waals surface area contributed by atoms with Crippen LogP contribution in [-0.2, 0) is 16.1 Å². The molecule has 0 radical (unpaired) electrons. The molecule has 0 bridgehead atoms. The van der Waals surface area contributed by atoms with Gasteiger partial charge in [0, 0.05) is 13.0 Å². The molecule has 1 aliphatic heterocycles. The van der Waals surface area contributed by atoms with Crippen molar-refractivity contribution in [1.82, 2.24) is 21.1 Å². The summed E-state index contributed by atoms with van der Waals surface area (Å²) in [6, 6.07) is 10.4. The first-order chi connectivity index (χ1) is 16.0. The Kier molecular flexibility index (Phi) is 8.82. The van der Waals surface area contributed by atoms with E-state index in [2.05, 4.69) is 23.1 Å². The lowest BCUT2D eigenvalue weighted by molar-refractivity contribution is -0.129. The maximum atomic E-state index is 12.6. The minimum absolute atomic E-state index is 0.0640. The second-order valence-corrected chi connectivity index (χ2v) is 8.11. The fourth-order valence-corrected chi connectivity index (χ4v) is 3.57. The predicted molar refractivity (Wildman–Crippen MR) is 125 cm³/mol. The Morgan fingerprint density at radius 3 is 2.76 bits per heavy atom. The Labute approximate surface area is 197 Å². The molecule has 1 aliphatic rings. The summed E-state index contributed by atoms with van der Waals surface area (Å²) in [7, 11) is 0. The van der Waals surface area contributed by atoms with Gasteiger partial charge in [0.1, 0.15) is 11.5 Å². The van der Waals surface area contributed by atoms with Crippen molar-refractivity contribution >= 4 is 35.1 Å². The van der Waals surface area contributed by atoms with Gasteiger partial charge in [-0.1, -0.05) is 31.9 Å². The number of nitrogens with one attached hydrogen (secondary N) is 3. The van der Waals surface area contributed by atoms with Crippen LogP contribution in [0.5, 0.6) is 5.75 Å². The van der Waals surface area contributed by atoms with Crippen molar-refractivity contribution in [2.45, 2.75) is 39.2 Å². The molecule has 1 fully saturated rings. The molecule has 0 spiro atoms. The number of furan rings is 1. The third-order valence-electron chi connectivity index (χ3n) is 5.18. The Hall–Kier alpha value is -3.40. The summed E-state index contributed by atoms with van der Waals surface area (Å²) in [5.74, 6) is -0.371. The van der Waals surface area contributed by atoms with Crippen molar-refractivity contribution in [3.05, 3.63) is 54.0 Å². The van der Waals surface area contributed by atoms with Gasteiger partial charge in [0.2, 0.25) is 11.8 Å². The molecule has 33 heavy (non-hydrogen) atoms. The van der Waals surface area contributed by atoms with E-state index in [1.54, 1.807) is 41.3 Å². The number of para-hydroxylation sites is 1. The van der Waals surface area contributed by atoms with Crippen molar-refractivity contribution in [3.8, 4) is 5.75 Å². The highest BCUT2D eigenvalue weighted by Crippen LogP contribution is 2.21. The van der Waals surface area contributed by atoms with Crippen LogP contribution in [0.4, 0.5) is 0 Å². The van der Waals surface area contributed by atoms with Crippen LogP contribution in [0.25, 0.3) is 0 Å². The van der Waals surface area contributed by atoms with Crippen LogP contribution in [0.1, 0.15) is 48.7 Å². The lowest BCUT2D eigenvalue weighted by Crippen LogP contribution is -2.50. The third kappa shape index (κ3) is 7.04. The Balaban J connectivity index is 1.45. The number of ether oxygens (including phenoxy) is 1. The first-order valence-corrected chi connectivity index (χ1v) is 11.3. The van der Waals surface area contributed by atoms with E-state index in [1.807, 2.05) is 0 Å². The van der Waals surface area contributed by atoms with Gasteiger partial charge in [-0.05, 0) is 42.9 Å². The molecule has 3 amide bonds. The third-order valence-corrected chi connectivity index (χ3v) is 5.38. The first-order valence-electron chi connectivity index (χ1n) is 10.9. The van der Waals surface area contributed by atoms with Gasteiger partial charge in [-0.2, -0.15) is 0 Å². The van der Waals surface area contributed by atoms with Gasteiger partial charge in [-0.3, -0.25) is 30.6 Å². The van der Waals surface area contributed by atoms with Crippen molar-refractivity contribution in [2.75, 3.05) is 13.2 Å². The number of rotatable bonds is 9. The fourth-order valence-electron chi connectivity index (χ4n) is 3.43. The summed E-state index contributed by atoms with van der Waals surface area (Å²) in [6.07, 6.45) is 4.66. The van der Waals surface area contributed by atoms with E-state index >= 15 is 0 Å². The molecule has 1 aromatic carbocycles. The molecule has 176 valence electrons. The van der Waals surface area contributed by atoms with Gasteiger partial charge in [0.05, 0.1) is 30.9 Å². The zero-order valence-corrected chi connectivity index (χ0v) is 19.3. The number of hydrogen-bond acceptors (Lipinski definition) is 6. The van der Waals surface area contributed by atoms with Gasteiger partial charge in [-0.15, -0.1) is 0 Å². The smallest absolute Gasteiger partial charge is 0.261 e. The molecule has 0 saturated carbocycles. The topological polar surface area (TPSA) is 113 Å². The molecule has 10 heteroatoms. The zero-order chi connectivity index (χ0) is 23.6. The van der Waals surface area contributed by atoms with E-state index in [-0.39, 0.29) is 29.9 Å². The van der Waals surface area contributed by atoms with E-state index in [0.717, 1.165) is 19.3 Å². The van der Waals surface area contributed by atoms with Crippen molar-refractivity contribution in [2.24, 2.45) is 5.92 Å². The first kappa shape index (κ1) is 24.2. The number of thiocarbonyl (C=S) groups is 1. The van der Waals surface area contributed by atoms with Crippen LogP contribution in [0.3, 0.4) is 0 Å². The van der Waals surface area contributed by atoms with Gasteiger partial charge in [-0.25, -0.2) is 0 Å². The van der Waals surface area contributed by atoms with Gasteiger partial charge >= 0.3 is 0 Å². The van der Waals surface area contributed by atoms with Gasteiger partial charge in [0.15, 0.2) is 5.11 Å². The van der Waals surface area contributed by atoms with Crippen molar-refractivity contribution in [3.63, 3.8) is 0 Å². The van der Waals surface area contributed by atoms with E-state index < -0.39 is 11.8 Å². The number of hydrogen-bond donors (Lipinski definition) is 3. The number of hydrazine groups is 1. The minimum atomic E-state index is -0.532. The lowest BCUT2D eigenvalue weighted by Gasteiger charge is -2.16. The largest absolute Gasteiger partial charge is 0.493 e. The zero-order valence-electron chi connectivity index (χ0n) is 18.5. The summed E-state index contributed by atoms with van der Waals surface area (Å²) in [6.45, 7) is 3.22. The summed E-state index contributed by atoms with van der Waals surface area (Å²) in [4.78, 5) is 38.8. The molecule has 1 unspecified atom stereocenters. The second-order valence-electron chi connectivity index (χ2n) is 7.70. The monoisotopic (exact) mass is 472 g/mol. The Morgan fingerprint density at radius 1 is 1.18 bits per heavy atom. The van der Waals surface area contributed by atoms with E-state index in [4.69, 9.17) is 21.4 Å². The maximum absolute atomic E-state index is 12.6. The number of carbonyl (C=O) groups excluding carboxylic acids is 3. The molecule has 1 atom stereocenters. The Bertz CT molecular complexity index is 979. The van der Waals surface area contributed by atoms with Crippen LogP contribution in [0.2, 0.25) is 0 Å². The van der Waals surface area contributed by atoms with E-state index in [9.17, 15) is 14.4 Å². The van der Waals surface area contributed by atoms with Crippen LogP contribution in [-0.4, -0.2) is 40.9 Å². The second kappa shape index (κ2) is 12.0. The quantitative estimate of drug-likeness (QED) is 0.292. The van der Waals surface area contributed by atoms with Crippen molar-refractivity contribution in [1.29, 1.82) is 0 Å². The average molecular weight is 473 g/mol. The number of likely N-dealkylation sites (tertiary alicyclic amines) is 1. The van der Waals surface area contributed by atoms with Crippen molar-refractivity contribution < 1.29 is 23.5 Å². The van der Waals surface area contributed by atoms with Crippen LogP contribution >= 0.6 is 12.2 Å². The number of nitrogens with zero attached hydrogens (tertiary/aromatic N) is 1. The SMILES string of the molecule is CCCCCOc1ccccc1C(=O)NC(=S)NNC(=O)C1CC(=O)N(Cc2ccco2)C1. The van der Waals surface area contributed by atoms with E-state index in [0.29, 0.717) is 30.2 Å². The molecule has 9 nitrogen and oxygen atoms in total. The summed E-state index contributed by atoms with van der Waals surface area (Å²) in [5, 5.41) is 2.46. The van der Waals surface area contributed by atoms with Crippen LogP contribution < -0.4 is 20.9 Å². The maximum Gasteiger partial charge on any atom is 0.261 e. The predicted octanol–water partition coefficient (Wildman–Crippen LogP) is 2.53. The number of amides is 3. The highest BCUT2D eigenvalue weighted by molar-refractivity contribution is 7.80. The van der Waals surface area contributed by atoms with Crippen LogP contribution in [0.15, 0.2) is 47.1 Å². The molecule has 0 aliphatic carbocycles. The molecule has 1 aromatic heterocycles. The number of carbonyl (C=O) groups is 3. The normalized spacial score (nSPS) is 15.2. The molecule has 2 aromatic rings. The summed E-state index contributed by atoms with van der Waals surface area (Å²) < 4.78 is 11.0. The molecule has 3 rings (SSSR count). The molecule has 1 saturated heterocycles.